The summed E-state index contributed by atoms with van der Waals surface area (Å²) in [5.74, 6) is 0.462. The van der Waals surface area contributed by atoms with E-state index >= 15 is 0 Å². The van der Waals surface area contributed by atoms with Gasteiger partial charge in [0.1, 0.15) is 0 Å². The zero-order valence-corrected chi connectivity index (χ0v) is 9.95. The average molecular weight is 208 g/mol. The number of hydrogen-bond donors (Lipinski definition) is 1. The van der Waals surface area contributed by atoms with Gasteiger partial charge in [0.15, 0.2) is 5.78 Å². The molecule has 1 aliphatic carbocycles. The van der Waals surface area contributed by atoms with E-state index in [2.05, 4.69) is 13.8 Å². The third kappa shape index (κ3) is 3.03. The van der Waals surface area contributed by atoms with E-state index in [4.69, 9.17) is 0 Å². The van der Waals surface area contributed by atoms with Crippen LogP contribution in [0.25, 0.3) is 0 Å². The van der Waals surface area contributed by atoms with E-state index in [1.54, 1.807) is 19.1 Å². The lowest BCUT2D eigenvalue weighted by Gasteiger charge is -2.35. The third-order valence-corrected chi connectivity index (χ3v) is 2.93. The van der Waals surface area contributed by atoms with Gasteiger partial charge in [-0.15, -0.1) is 0 Å². The fraction of sp³-hybridized carbons (Fsp3) is 0.615. The largest absolute Gasteiger partial charge is 0.389 e. The molecule has 1 aliphatic rings. The second kappa shape index (κ2) is 4.31. The summed E-state index contributed by atoms with van der Waals surface area (Å²) >= 11 is 0. The Morgan fingerprint density at radius 1 is 1.60 bits per heavy atom. The molecule has 0 aromatic rings. The van der Waals surface area contributed by atoms with E-state index in [1.165, 1.54) is 0 Å². The van der Waals surface area contributed by atoms with Crippen LogP contribution in [0.5, 0.6) is 0 Å². The number of ketones is 1. The van der Waals surface area contributed by atoms with Crippen molar-refractivity contribution in [3.8, 4) is 0 Å². The van der Waals surface area contributed by atoms with E-state index in [0.717, 1.165) is 5.57 Å². The van der Waals surface area contributed by atoms with E-state index in [-0.39, 0.29) is 17.1 Å². The number of rotatable bonds is 2. The minimum Gasteiger partial charge on any atom is -0.389 e. The van der Waals surface area contributed by atoms with Gasteiger partial charge in [-0.1, -0.05) is 31.6 Å². The van der Waals surface area contributed by atoms with Crippen LogP contribution >= 0.6 is 0 Å². The minimum absolute atomic E-state index is 0.0404. The Morgan fingerprint density at radius 2 is 2.20 bits per heavy atom. The van der Waals surface area contributed by atoms with Crippen molar-refractivity contribution in [2.75, 3.05) is 0 Å². The molecule has 0 bridgehead atoms. The summed E-state index contributed by atoms with van der Waals surface area (Å²) < 4.78 is 0. The summed E-state index contributed by atoms with van der Waals surface area (Å²) in [5.41, 5.74) is 1.05. The lowest BCUT2D eigenvalue weighted by atomic mass is 9.68. The number of hydrogen-bond acceptors (Lipinski definition) is 2. The maximum absolute atomic E-state index is 11.4. The van der Waals surface area contributed by atoms with Crippen LogP contribution in [0.2, 0.25) is 0 Å². The van der Waals surface area contributed by atoms with E-state index < -0.39 is 6.10 Å². The zero-order chi connectivity index (χ0) is 11.6. The fourth-order valence-corrected chi connectivity index (χ4v) is 2.25. The number of aliphatic hydroxyl groups is 1. The van der Waals surface area contributed by atoms with Gasteiger partial charge >= 0.3 is 0 Å². The molecule has 0 fully saturated rings. The van der Waals surface area contributed by atoms with Crippen molar-refractivity contribution in [3.05, 3.63) is 23.8 Å². The smallest absolute Gasteiger partial charge is 0.156 e. The number of carbonyl (C=O) groups is 1. The van der Waals surface area contributed by atoms with Crippen LogP contribution in [-0.2, 0) is 4.79 Å². The van der Waals surface area contributed by atoms with Crippen molar-refractivity contribution >= 4 is 5.78 Å². The first kappa shape index (κ1) is 12.2. The van der Waals surface area contributed by atoms with Crippen LogP contribution in [0.15, 0.2) is 23.8 Å². The van der Waals surface area contributed by atoms with Gasteiger partial charge in [-0.3, -0.25) is 4.79 Å². The van der Waals surface area contributed by atoms with Gasteiger partial charge in [0.2, 0.25) is 0 Å². The van der Waals surface area contributed by atoms with Crippen molar-refractivity contribution < 1.29 is 9.90 Å². The molecule has 2 atom stereocenters. The number of carbonyl (C=O) groups excluding carboxylic acids is 1. The summed E-state index contributed by atoms with van der Waals surface area (Å²) in [7, 11) is 0. The Balaban J connectivity index is 2.94. The molecule has 1 N–H and O–H groups in total. The standard InChI is InChI=1S/C13H20O2/c1-9-7-11(15)8-13(3,4)12(9)6-5-10(2)14/h5-7,10,12,14H,8H2,1-4H3/b6-5-. The highest BCUT2D eigenvalue weighted by Crippen LogP contribution is 2.40. The van der Waals surface area contributed by atoms with E-state index in [0.29, 0.717) is 6.42 Å². The lowest BCUT2D eigenvalue weighted by molar-refractivity contribution is -0.117. The first-order valence-electron chi connectivity index (χ1n) is 5.40. The highest BCUT2D eigenvalue weighted by molar-refractivity contribution is 5.92. The average Bonchev–Trinajstić information content (AvgIpc) is 1.98. The monoisotopic (exact) mass is 208 g/mol. The predicted molar refractivity (Wildman–Crippen MR) is 61.5 cm³/mol. The molecule has 0 aromatic carbocycles. The van der Waals surface area contributed by atoms with Gasteiger partial charge in [0.05, 0.1) is 6.10 Å². The fourth-order valence-electron chi connectivity index (χ4n) is 2.25. The SMILES string of the molecule is CC1=CC(=O)CC(C)(C)C1/C=C\C(C)O. The maximum atomic E-state index is 11.4. The molecule has 2 heteroatoms. The van der Waals surface area contributed by atoms with Crippen LogP contribution in [0.3, 0.4) is 0 Å². The molecule has 2 unspecified atom stereocenters. The van der Waals surface area contributed by atoms with Gasteiger partial charge in [-0.25, -0.2) is 0 Å². The Labute approximate surface area is 91.7 Å². The Morgan fingerprint density at radius 3 is 2.67 bits per heavy atom. The topological polar surface area (TPSA) is 37.3 Å². The summed E-state index contributed by atoms with van der Waals surface area (Å²) in [6, 6.07) is 0. The van der Waals surface area contributed by atoms with Crippen molar-refractivity contribution in [2.24, 2.45) is 11.3 Å². The van der Waals surface area contributed by atoms with Crippen molar-refractivity contribution in [1.82, 2.24) is 0 Å². The molecule has 0 amide bonds. The molecule has 0 aliphatic heterocycles. The van der Waals surface area contributed by atoms with Crippen LogP contribution < -0.4 is 0 Å². The van der Waals surface area contributed by atoms with Crippen molar-refractivity contribution in [3.63, 3.8) is 0 Å². The number of aliphatic hydroxyl groups excluding tert-OH is 1. The summed E-state index contributed by atoms with van der Waals surface area (Å²) in [6.45, 7) is 7.91. The summed E-state index contributed by atoms with van der Waals surface area (Å²) in [6.07, 6.45) is 5.69. The highest BCUT2D eigenvalue weighted by Gasteiger charge is 2.34. The van der Waals surface area contributed by atoms with Gasteiger partial charge in [-0.05, 0) is 25.3 Å². The third-order valence-electron chi connectivity index (χ3n) is 2.93. The van der Waals surface area contributed by atoms with E-state index in [1.807, 2.05) is 13.0 Å². The lowest BCUT2D eigenvalue weighted by Crippen LogP contribution is -2.30. The van der Waals surface area contributed by atoms with Crippen LogP contribution in [-0.4, -0.2) is 17.0 Å². The van der Waals surface area contributed by atoms with Gasteiger partial charge in [0.25, 0.3) is 0 Å². The number of allylic oxidation sites excluding steroid dienone is 3. The highest BCUT2D eigenvalue weighted by atomic mass is 16.3. The molecule has 15 heavy (non-hydrogen) atoms. The van der Waals surface area contributed by atoms with Gasteiger partial charge < -0.3 is 5.11 Å². The maximum Gasteiger partial charge on any atom is 0.156 e. The Hall–Kier alpha value is -0.890. The van der Waals surface area contributed by atoms with Crippen molar-refractivity contribution in [2.45, 2.75) is 40.2 Å². The normalized spacial score (nSPS) is 27.9. The molecule has 2 nitrogen and oxygen atoms in total. The Bertz CT molecular complexity index is 308. The van der Waals surface area contributed by atoms with Crippen LogP contribution in [0.1, 0.15) is 34.1 Å². The summed E-state index contributed by atoms with van der Waals surface area (Å²) in [4.78, 5) is 11.4. The molecule has 1 rings (SSSR count). The predicted octanol–water partition coefficient (Wildman–Crippen LogP) is 2.48. The van der Waals surface area contributed by atoms with Crippen LogP contribution in [0, 0.1) is 11.3 Å². The molecule has 84 valence electrons. The minimum atomic E-state index is -0.425. The second-order valence-electron chi connectivity index (χ2n) is 5.12. The molecule has 0 saturated heterocycles. The molecule has 0 saturated carbocycles. The first-order chi connectivity index (χ1) is 6.83. The van der Waals surface area contributed by atoms with E-state index in [9.17, 15) is 9.90 Å². The van der Waals surface area contributed by atoms with Gasteiger partial charge in [0, 0.05) is 12.3 Å². The Kier molecular flexibility index (Phi) is 3.50. The second-order valence-corrected chi connectivity index (χ2v) is 5.12. The van der Waals surface area contributed by atoms with Gasteiger partial charge in [-0.2, -0.15) is 0 Å². The van der Waals surface area contributed by atoms with Crippen molar-refractivity contribution in [1.29, 1.82) is 0 Å². The molecule has 0 radical (unpaired) electrons. The molecular weight excluding hydrogens is 188 g/mol. The molecular formula is C13H20O2. The quantitative estimate of drug-likeness (QED) is 0.708. The molecule has 0 heterocycles. The molecule has 0 spiro atoms. The van der Waals surface area contributed by atoms with Crippen LogP contribution in [0.4, 0.5) is 0 Å². The first-order valence-corrected chi connectivity index (χ1v) is 5.40. The molecule has 0 aromatic heterocycles. The zero-order valence-electron chi connectivity index (χ0n) is 9.95. The summed E-state index contributed by atoms with van der Waals surface area (Å²) in [5, 5.41) is 9.22.